The molecule has 0 aliphatic carbocycles. The van der Waals surface area contributed by atoms with Crippen LogP contribution in [0.2, 0.25) is 0 Å². The second kappa shape index (κ2) is 5.14. The van der Waals surface area contributed by atoms with Crippen molar-refractivity contribution in [2.24, 2.45) is 0 Å². The van der Waals surface area contributed by atoms with Crippen LogP contribution >= 0.6 is 0 Å². The van der Waals surface area contributed by atoms with E-state index >= 15 is 0 Å². The Balaban J connectivity index is 2.14. The van der Waals surface area contributed by atoms with Crippen molar-refractivity contribution in [1.29, 1.82) is 0 Å². The number of hydrogen-bond acceptors (Lipinski definition) is 4. The number of aromatic hydroxyl groups is 1. The molecule has 2 aromatic rings. The lowest BCUT2D eigenvalue weighted by Gasteiger charge is -2.04. The van der Waals surface area contributed by atoms with Crippen molar-refractivity contribution in [2.75, 3.05) is 0 Å². The molecule has 0 atom stereocenters. The van der Waals surface area contributed by atoms with Crippen LogP contribution in [0.3, 0.4) is 0 Å². The van der Waals surface area contributed by atoms with E-state index in [0.717, 1.165) is 0 Å². The van der Waals surface area contributed by atoms with Gasteiger partial charge in [-0.1, -0.05) is 30.3 Å². The van der Waals surface area contributed by atoms with Gasteiger partial charge in [0.25, 0.3) is 0 Å². The second-order valence-corrected chi connectivity index (χ2v) is 3.56. The SMILES string of the molecule is O=C(OC(=O)c1ccccc1O)c1ccccc1. The number of hydrogen-bond donors (Lipinski definition) is 1. The number of ether oxygens (including phenoxy) is 1. The number of carbonyl (C=O) groups is 2. The maximum atomic E-state index is 11.6. The first-order valence-corrected chi connectivity index (χ1v) is 5.28. The van der Waals surface area contributed by atoms with Crippen LogP contribution in [0.5, 0.6) is 5.75 Å². The Hall–Kier alpha value is -2.62. The van der Waals surface area contributed by atoms with Gasteiger partial charge in [0.1, 0.15) is 11.3 Å². The van der Waals surface area contributed by atoms with Gasteiger partial charge >= 0.3 is 11.9 Å². The predicted molar refractivity (Wildman–Crippen MR) is 64.3 cm³/mol. The molecule has 0 unspecified atom stereocenters. The third-order valence-corrected chi connectivity index (χ3v) is 2.32. The average molecular weight is 242 g/mol. The summed E-state index contributed by atoms with van der Waals surface area (Å²) >= 11 is 0. The van der Waals surface area contributed by atoms with E-state index in [-0.39, 0.29) is 16.9 Å². The van der Waals surface area contributed by atoms with Crippen molar-refractivity contribution in [3.05, 3.63) is 65.7 Å². The van der Waals surface area contributed by atoms with Crippen LogP contribution in [0.15, 0.2) is 54.6 Å². The van der Waals surface area contributed by atoms with Crippen LogP contribution in [0.4, 0.5) is 0 Å². The van der Waals surface area contributed by atoms with Crippen molar-refractivity contribution in [3.8, 4) is 5.75 Å². The maximum absolute atomic E-state index is 11.6. The van der Waals surface area contributed by atoms with Gasteiger partial charge in [-0.3, -0.25) is 0 Å². The van der Waals surface area contributed by atoms with Crippen molar-refractivity contribution in [3.63, 3.8) is 0 Å². The van der Waals surface area contributed by atoms with Gasteiger partial charge in [-0.2, -0.15) is 0 Å². The summed E-state index contributed by atoms with van der Waals surface area (Å²) in [6.45, 7) is 0. The van der Waals surface area contributed by atoms with E-state index in [1.54, 1.807) is 42.5 Å². The summed E-state index contributed by atoms with van der Waals surface area (Å²) in [5.41, 5.74) is 0.239. The summed E-state index contributed by atoms with van der Waals surface area (Å²) in [5, 5.41) is 9.45. The average Bonchev–Trinajstić information content (AvgIpc) is 2.40. The molecule has 1 N–H and O–H groups in total. The van der Waals surface area contributed by atoms with Gasteiger partial charge in [0.05, 0.1) is 5.56 Å². The Bertz CT molecular complexity index is 575. The summed E-state index contributed by atoms with van der Waals surface area (Å²) in [4.78, 5) is 23.3. The number of benzene rings is 2. The number of para-hydroxylation sites is 1. The molecule has 18 heavy (non-hydrogen) atoms. The fourth-order valence-electron chi connectivity index (χ4n) is 1.42. The Labute approximate surface area is 103 Å². The van der Waals surface area contributed by atoms with E-state index < -0.39 is 11.9 Å². The molecule has 4 nitrogen and oxygen atoms in total. The molecule has 0 aromatic heterocycles. The quantitative estimate of drug-likeness (QED) is 0.648. The van der Waals surface area contributed by atoms with Crippen LogP contribution in [0.25, 0.3) is 0 Å². The number of esters is 2. The third-order valence-electron chi connectivity index (χ3n) is 2.32. The van der Waals surface area contributed by atoms with Gasteiger partial charge in [0, 0.05) is 0 Å². The number of rotatable bonds is 2. The zero-order valence-corrected chi connectivity index (χ0v) is 9.37. The maximum Gasteiger partial charge on any atom is 0.349 e. The van der Waals surface area contributed by atoms with Crippen LogP contribution in [-0.4, -0.2) is 17.0 Å². The highest BCUT2D eigenvalue weighted by Gasteiger charge is 2.17. The Kier molecular flexibility index (Phi) is 3.38. The molecular weight excluding hydrogens is 232 g/mol. The normalized spacial score (nSPS) is 9.78. The molecule has 0 aliphatic rings. The van der Waals surface area contributed by atoms with Gasteiger partial charge in [-0.25, -0.2) is 9.59 Å². The molecule has 0 heterocycles. The number of phenolic OH excluding ortho intramolecular Hbond substituents is 1. The van der Waals surface area contributed by atoms with E-state index in [2.05, 4.69) is 4.74 Å². The summed E-state index contributed by atoms with van der Waals surface area (Å²) < 4.78 is 4.67. The molecule has 0 radical (unpaired) electrons. The second-order valence-electron chi connectivity index (χ2n) is 3.56. The van der Waals surface area contributed by atoms with Crippen LogP contribution in [-0.2, 0) is 4.74 Å². The Morgan fingerprint density at radius 3 is 2.11 bits per heavy atom. The molecule has 0 saturated carbocycles. The summed E-state index contributed by atoms with van der Waals surface area (Å²) in [7, 11) is 0. The first kappa shape index (κ1) is 11.9. The van der Waals surface area contributed by atoms with E-state index in [1.807, 2.05) is 0 Å². The van der Waals surface area contributed by atoms with Gasteiger partial charge in [0.2, 0.25) is 0 Å². The van der Waals surface area contributed by atoms with Crippen LogP contribution in [0, 0.1) is 0 Å². The van der Waals surface area contributed by atoms with Crippen molar-refractivity contribution < 1.29 is 19.4 Å². The topological polar surface area (TPSA) is 63.6 Å². The fraction of sp³-hybridized carbons (Fsp3) is 0. The lowest BCUT2D eigenvalue weighted by molar-refractivity contribution is 0.0396. The smallest absolute Gasteiger partial charge is 0.349 e. The van der Waals surface area contributed by atoms with E-state index in [4.69, 9.17) is 0 Å². The summed E-state index contributed by atoms with van der Waals surface area (Å²) in [6.07, 6.45) is 0. The predicted octanol–water partition coefficient (Wildman–Crippen LogP) is 2.39. The molecule has 2 rings (SSSR count). The molecule has 0 fully saturated rings. The Morgan fingerprint density at radius 1 is 0.833 bits per heavy atom. The standard InChI is InChI=1S/C14H10O4/c15-12-9-5-4-8-11(12)14(17)18-13(16)10-6-2-1-3-7-10/h1-9,15H. The highest BCUT2D eigenvalue weighted by Crippen LogP contribution is 2.17. The molecule has 2 aromatic carbocycles. The molecular formula is C14H10O4. The highest BCUT2D eigenvalue weighted by molar-refractivity contribution is 6.03. The van der Waals surface area contributed by atoms with Crippen molar-refractivity contribution in [1.82, 2.24) is 0 Å². The van der Waals surface area contributed by atoms with E-state index in [0.29, 0.717) is 0 Å². The molecule has 0 spiro atoms. The third kappa shape index (κ3) is 2.55. The molecule has 90 valence electrons. The minimum Gasteiger partial charge on any atom is -0.507 e. The fourth-order valence-corrected chi connectivity index (χ4v) is 1.42. The zero-order valence-electron chi connectivity index (χ0n) is 9.37. The minimum absolute atomic E-state index is 0.0400. The summed E-state index contributed by atoms with van der Waals surface area (Å²) in [6, 6.07) is 14.1. The monoisotopic (exact) mass is 242 g/mol. The lowest BCUT2D eigenvalue weighted by atomic mass is 10.2. The molecule has 0 amide bonds. The van der Waals surface area contributed by atoms with Gasteiger partial charge in [0.15, 0.2) is 0 Å². The van der Waals surface area contributed by atoms with Crippen LogP contribution in [0.1, 0.15) is 20.7 Å². The minimum atomic E-state index is -0.873. The molecule has 0 aliphatic heterocycles. The largest absolute Gasteiger partial charge is 0.507 e. The molecule has 4 heteroatoms. The van der Waals surface area contributed by atoms with Crippen molar-refractivity contribution in [2.45, 2.75) is 0 Å². The van der Waals surface area contributed by atoms with E-state index in [1.165, 1.54) is 12.1 Å². The van der Waals surface area contributed by atoms with Gasteiger partial charge in [-0.15, -0.1) is 0 Å². The van der Waals surface area contributed by atoms with Crippen LogP contribution < -0.4 is 0 Å². The summed E-state index contributed by atoms with van der Waals surface area (Å²) in [5.74, 6) is -1.84. The number of carbonyl (C=O) groups excluding carboxylic acids is 2. The van der Waals surface area contributed by atoms with E-state index in [9.17, 15) is 14.7 Å². The first-order valence-electron chi connectivity index (χ1n) is 5.28. The first-order chi connectivity index (χ1) is 8.68. The molecule has 0 saturated heterocycles. The Morgan fingerprint density at radius 2 is 1.44 bits per heavy atom. The molecule has 0 bridgehead atoms. The van der Waals surface area contributed by atoms with Gasteiger partial charge in [-0.05, 0) is 24.3 Å². The van der Waals surface area contributed by atoms with Gasteiger partial charge < -0.3 is 9.84 Å². The zero-order chi connectivity index (χ0) is 13.0. The van der Waals surface area contributed by atoms with Crippen molar-refractivity contribution >= 4 is 11.9 Å². The highest BCUT2D eigenvalue weighted by atomic mass is 16.6. The lowest BCUT2D eigenvalue weighted by Crippen LogP contribution is -2.12. The number of phenols is 1.